The number of amides is 1. The zero-order valence-corrected chi connectivity index (χ0v) is 11.9. The summed E-state index contributed by atoms with van der Waals surface area (Å²) in [5.74, 6) is -0.332. The lowest BCUT2D eigenvalue weighted by atomic mass is 10.1. The fraction of sp³-hybridized carbons (Fsp3) is 0.143. The minimum atomic E-state index is -0.758. The van der Waals surface area contributed by atoms with E-state index in [4.69, 9.17) is 0 Å². The first-order chi connectivity index (χ1) is 10.5. The van der Waals surface area contributed by atoms with Crippen LogP contribution in [-0.4, -0.2) is 26.1 Å². The largest absolute Gasteiger partial charge is 0.319 e. The van der Waals surface area contributed by atoms with Gasteiger partial charge in [0.2, 0.25) is 0 Å². The average Bonchev–Trinajstić information content (AvgIpc) is 2.80. The monoisotopic (exact) mass is 299 g/mol. The summed E-state index contributed by atoms with van der Waals surface area (Å²) in [4.78, 5) is 39.8. The van der Waals surface area contributed by atoms with Crippen molar-refractivity contribution in [2.75, 3.05) is 5.32 Å². The highest BCUT2D eigenvalue weighted by Gasteiger charge is 2.12. The fourth-order valence-corrected chi connectivity index (χ4v) is 2.18. The standard InChI is InChI=1S/C14H13N5O3/c1-6-11(7(2)19-18-6)17-12(20)8-3-4-9-10(5-8)16-14(22)13(21)15-9/h3-5H,1-2H3,(H,15,21)(H,16,22)(H,17,20)(H,18,19). The van der Waals surface area contributed by atoms with Crippen LogP contribution in [0, 0.1) is 13.8 Å². The number of carbonyl (C=O) groups is 1. The van der Waals surface area contributed by atoms with Gasteiger partial charge in [-0.1, -0.05) is 0 Å². The third kappa shape index (κ3) is 2.30. The predicted octanol–water partition coefficient (Wildman–Crippen LogP) is 0.809. The molecule has 4 N–H and O–H groups in total. The van der Waals surface area contributed by atoms with Gasteiger partial charge >= 0.3 is 11.1 Å². The maximum Gasteiger partial charge on any atom is 0.314 e. The van der Waals surface area contributed by atoms with Crippen LogP contribution in [0.4, 0.5) is 5.69 Å². The van der Waals surface area contributed by atoms with Crippen molar-refractivity contribution in [1.29, 1.82) is 0 Å². The Morgan fingerprint density at radius 3 is 2.41 bits per heavy atom. The smallest absolute Gasteiger partial charge is 0.314 e. The molecule has 0 saturated heterocycles. The molecule has 8 heteroatoms. The van der Waals surface area contributed by atoms with Gasteiger partial charge in [-0.05, 0) is 32.0 Å². The highest BCUT2D eigenvalue weighted by atomic mass is 16.2. The molecule has 0 saturated carbocycles. The van der Waals surface area contributed by atoms with Crippen molar-refractivity contribution in [2.24, 2.45) is 0 Å². The highest BCUT2D eigenvalue weighted by molar-refractivity contribution is 6.06. The van der Waals surface area contributed by atoms with E-state index in [2.05, 4.69) is 25.5 Å². The SMILES string of the molecule is Cc1n[nH]c(C)c1NC(=O)c1ccc2[nH]c(=O)c(=O)[nH]c2c1. The van der Waals surface area contributed by atoms with Crippen molar-refractivity contribution >= 4 is 22.6 Å². The summed E-state index contributed by atoms with van der Waals surface area (Å²) < 4.78 is 0. The summed E-state index contributed by atoms with van der Waals surface area (Å²) in [5.41, 5.74) is 1.78. The van der Waals surface area contributed by atoms with Crippen LogP contribution in [0.25, 0.3) is 11.0 Å². The second kappa shape index (κ2) is 4.99. The Labute approximate surface area is 123 Å². The first-order valence-electron chi connectivity index (χ1n) is 6.55. The molecule has 0 aliphatic carbocycles. The molecule has 0 unspecified atom stereocenters. The van der Waals surface area contributed by atoms with Crippen molar-refractivity contribution < 1.29 is 4.79 Å². The number of H-pyrrole nitrogens is 3. The highest BCUT2D eigenvalue weighted by Crippen LogP contribution is 2.18. The Bertz CT molecular complexity index is 976. The summed E-state index contributed by atoms with van der Waals surface area (Å²) in [6.45, 7) is 3.58. The van der Waals surface area contributed by atoms with E-state index in [0.717, 1.165) is 5.69 Å². The lowest BCUT2D eigenvalue weighted by Crippen LogP contribution is -2.29. The van der Waals surface area contributed by atoms with Gasteiger partial charge in [0.15, 0.2) is 0 Å². The summed E-state index contributed by atoms with van der Waals surface area (Å²) >= 11 is 0. The summed E-state index contributed by atoms with van der Waals surface area (Å²) in [5, 5.41) is 9.56. The van der Waals surface area contributed by atoms with Gasteiger partial charge in [0.05, 0.1) is 28.1 Å². The summed E-state index contributed by atoms with van der Waals surface area (Å²) in [6.07, 6.45) is 0. The van der Waals surface area contributed by atoms with Gasteiger partial charge in [-0.15, -0.1) is 0 Å². The number of aryl methyl sites for hydroxylation is 2. The molecule has 2 aromatic heterocycles. The van der Waals surface area contributed by atoms with E-state index in [-0.39, 0.29) is 5.91 Å². The van der Waals surface area contributed by atoms with Gasteiger partial charge in [-0.2, -0.15) is 5.10 Å². The van der Waals surface area contributed by atoms with Crippen molar-refractivity contribution in [3.63, 3.8) is 0 Å². The predicted molar refractivity (Wildman–Crippen MR) is 81.2 cm³/mol. The molecule has 0 fully saturated rings. The van der Waals surface area contributed by atoms with Crippen LogP contribution < -0.4 is 16.4 Å². The molecule has 0 atom stereocenters. The number of nitrogens with one attached hydrogen (secondary N) is 4. The Morgan fingerprint density at radius 1 is 1.09 bits per heavy atom. The lowest BCUT2D eigenvalue weighted by molar-refractivity contribution is 0.102. The van der Waals surface area contributed by atoms with Crippen LogP contribution in [0.5, 0.6) is 0 Å². The topological polar surface area (TPSA) is 123 Å². The molecule has 0 bridgehead atoms. The number of hydrogen-bond acceptors (Lipinski definition) is 4. The number of benzene rings is 1. The van der Waals surface area contributed by atoms with E-state index in [1.165, 1.54) is 6.07 Å². The number of hydrogen-bond donors (Lipinski definition) is 4. The first-order valence-corrected chi connectivity index (χ1v) is 6.55. The number of aromatic amines is 3. The molecule has 112 valence electrons. The number of anilines is 1. The molecule has 0 aliphatic rings. The number of nitrogens with zero attached hydrogens (tertiary/aromatic N) is 1. The van der Waals surface area contributed by atoms with Crippen molar-refractivity contribution in [1.82, 2.24) is 20.2 Å². The van der Waals surface area contributed by atoms with Crippen LogP contribution in [0.3, 0.4) is 0 Å². The minimum absolute atomic E-state index is 0.332. The molecular formula is C14H13N5O3. The van der Waals surface area contributed by atoms with Gasteiger partial charge < -0.3 is 15.3 Å². The molecule has 1 aromatic carbocycles. The van der Waals surface area contributed by atoms with Crippen molar-refractivity contribution in [2.45, 2.75) is 13.8 Å². The molecule has 22 heavy (non-hydrogen) atoms. The van der Waals surface area contributed by atoms with Gasteiger partial charge in [-0.25, -0.2) is 0 Å². The van der Waals surface area contributed by atoms with Crippen molar-refractivity contribution in [3.05, 3.63) is 55.9 Å². The van der Waals surface area contributed by atoms with E-state index in [1.54, 1.807) is 26.0 Å². The molecule has 0 radical (unpaired) electrons. The Kier molecular flexibility index (Phi) is 3.13. The Hall–Kier alpha value is -3.16. The van der Waals surface area contributed by atoms with Crippen LogP contribution in [-0.2, 0) is 0 Å². The van der Waals surface area contributed by atoms with Crippen molar-refractivity contribution in [3.8, 4) is 0 Å². The lowest BCUT2D eigenvalue weighted by Gasteiger charge is -2.06. The third-order valence-electron chi connectivity index (χ3n) is 3.35. The van der Waals surface area contributed by atoms with Crippen LogP contribution >= 0.6 is 0 Å². The second-order valence-corrected chi connectivity index (χ2v) is 4.93. The number of rotatable bonds is 2. The molecule has 2 heterocycles. The second-order valence-electron chi connectivity index (χ2n) is 4.93. The van der Waals surface area contributed by atoms with E-state index in [1.807, 2.05) is 0 Å². The first kappa shape index (κ1) is 13.8. The summed E-state index contributed by atoms with van der Waals surface area (Å²) in [7, 11) is 0. The summed E-state index contributed by atoms with van der Waals surface area (Å²) in [6, 6.07) is 4.64. The molecular weight excluding hydrogens is 286 g/mol. The maximum absolute atomic E-state index is 12.3. The molecule has 3 rings (SSSR count). The molecule has 0 aliphatic heterocycles. The molecule has 1 amide bonds. The maximum atomic E-state index is 12.3. The Morgan fingerprint density at radius 2 is 1.77 bits per heavy atom. The van der Waals surface area contributed by atoms with Gasteiger partial charge in [0.1, 0.15) is 0 Å². The van der Waals surface area contributed by atoms with Gasteiger partial charge in [0, 0.05) is 5.56 Å². The number of fused-ring (bicyclic) bond motifs is 1. The normalized spacial score (nSPS) is 10.8. The van der Waals surface area contributed by atoms with E-state index >= 15 is 0 Å². The zero-order chi connectivity index (χ0) is 15.9. The van der Waals surface area contributed by atoms with Gasteiger partial charge in [-0.3, -0.25) is 19.5 Å². The molecule has 0 spiro atoms. The van der Waals surface area contributed by atoms with E-state index in [0.29, 0.717) is 28.0 Å². The zero-order valence-electron chi connectivity index (χ0n) is 11.9. The molecule has 8 nitrogen and oxygen atoms in total. The van der Waals surface area contributed by atoms with Crippen LogP contribution in [0.2, 0.25) is 0 Å². The fourth-order valence-electron chi connectivity index (χ4n) is 2.18. The van der Waals surface area contributed by atoms with Crippen LogP contribution in [0.15, 0.2) is 27.8 Å². The Balaban J connectivity index is 1.99. The average molecular weight is 299 g/mol. The van der Waals surface area contributed by atoms with Gasteiger partial charge in [0.25, 0.3) is 5.91 Å². The number of carbonyl (C=O) groups excluding carboxylic acids is 1. The third-order valence-corrected chi connectivity index (χ3v) is 3.35. The molecule has 3 aromatic rings. The quantitative estimate of drug-likeness (QED) is 0.523. The van der Waals surface area contributed by atoms with E-state index in [9.17, 15) is 14.4 Å². The number of aromatic nitrogens is 4. The minimum Gasteiger partial charge on any atom is -0.319 e. The van der Waals surface area contributed by atoms with Crippen LogP contribution in [0.1, 0.15) is 21.7 Å². The van der Waals surface area contributed by atoms with E-state index < -0.39 is 11.1 Å².